The molecule has 0 atom stereocenters. The van der Waals surface area contributed by atoms with E-state index in [1.165, 1.54) is 36.7 Å². The van der Waals surface area contributed by atoms with Gasteiger partial charge in [0.05, 0.1) is 20.7 Å². The minimum absolute atomic E-state index is 0.0229. The van der Waals surface area contributed by atoms with Crippen LogP contribution < -0.4 is 4.74 Å². The molecule has 0 radical (unpaired) electrons. The van der Waals surface area contributed by atoms with Crippen LogP contribution in [0.5, 0.6) is 11.6 Å². The van der Waals surface area contributed by atoms with Gasteiger partial charge in [-0.1, -0.05) is 6.07 Å². The molecule has 2 aromatic carbocycles. The number of sulfone groups is 1. The number of nitro groups is 1. The van der Waals surface area contributed by atoms with Crippen molar-refractivity contribution in [3.05, 3.63) is 58.4 Å². The molecule has 0 saturated heterocycles. The van der Waals surface area contributed by atoms with Crippen LogP contribution in [-0.2, 0) is 9.84 Å². The van der Waals surface area contributed by atoms with E-state index in [9.17, 15) is 18.5 Å². The number of rotatable bonds is 4. The Morgan fingerprint density at radius 3 is 2.56 bits per heavy atom. The predicted octanol–water partition coefficient (Wildman–Crippen LogP) is 3.04. The highest BCUT2D eigenvalue weighted by Crippen LogP contribution is 2.34. The van der Waals surface area contributed by atoms with Gasteiger partial charge in [0.1, 0.15) is 6.33 Å². The highest BCUT2D eigenvalue weighted by Gasteiger charge is 2.18. The van der Waals surface area contributed by atoms with Gasteiger partial charge in [0, 0.05) is 12.3 Å². The van der Waals surface area contributed by atoms with Crippen molar-refractivity contribution in [1.29, 1.82) is 0 Å². The summed E-state index contributed by atoms with van der Waals surface area (Å²) in [6.07, 6.45) is 2.34. The molecule has 128 valence electrons. The van der Waals surface area contributed by atoms with Gasteiger partial charge in [-0.05, 0) is 36.8 Å². The zero-order chi connectivity index (χ0) is 18.2. The fourth-order valence-corrected chi connectivity index (χ4v) is 2.93. The number of fused-ring (bicyclic) bond motifs is 1. The number of hydrogen-bond acceptors (Lipinski definition) is 7. The van der Waals surface area contributed by atoms with Crippen LogP contribution >= 0.6 is 0 Å². The molecule has 0 fully saturated rings. The van der Waals surface area contributed by atoms with Crippen LogP contribution in [0.3, 0.4) is 0 Å². The van der Waals surface area contributed by atoms with Gasteiger partial charge in [-0.25, -0.2) is 18.4 Å². The molecular weight excluding hydrogens is 346 g/mol. The summed E-state index contributed by atoms with van der Waals surface area (Å²) in [7, 11) is -3.43. The average Bonchev–Trinajstić information content (AvgIpc) is 2.53. The van der Waals surface area contributed by atoms with Crippen molar-refractivity contribution in [2.75, 3.05) is 6.26 Å². The second-order valence-electron chi connectivity index (χ2n) is 5.46. The van der Waals surface area contributed by atoms with Crippen LogP contribution in [0.4, 0.5) is 5.69 Å². The van der Waals surface area contributed by atoms with E-state index in [-0.39, 0.29) is 22.2 Å². The van der Waals surface area contributed by atoms with Crippen molar-refractivity contribution in [3.63, 3.8) is 0 Å². The van der Waals surface area contributed by atoms with Crippen molar-refractivity contribution < 1.29 is 18.1 Å². The van der Waals surface area contributed by atoms with Crippen LogP contribution in [-0.4, -0.2) is 29.6 Å². The third-order valence-corrected chi connectivity index (χ3v) is 4.63. The van der Waals surface area contributed by atoms with Crippen molar-refractivity contribution in [3.8, 4) is 11.6 Å². The summed E-state index contributed by atoms with van der Waals surface area (Å²) in [6, 6.07) is 8.82. The molecule has 0 aliphatic rings. The normalized spacial score (nSPS) is 11.4. The first-order valence-electron chi connectivity index (χ1n) is 7.13. The Bertz CT molecular complexity index is 1100. The average molecular weight is 359 g/mol. The fourth-order valence-electron chi connectivity index (χ4n) is 2.28. The van der Waals surface area contributed by atoms with Crippen LogP contribution in [0, 0.1) is 17.0 Å². The molecule has 3 rings (SSSR count). The molecule has 1 aromatic heterocycles. The molecule has 25 heavy (non-hydrogen) atoms. The largest absolute Gasteiger partial charge is 0.431 e. The lowest BCUT2D eigenvalue weighted by Crippen LogP contribution is -1.99. The molecule has 9 heteroatoms. The van der Waals surface area contributed by atoms with E-state index in [4.69, 9.17) is 4.74 Å². The second-order valence-corrected chi connectivity index (χ2v) is 7.48. The quantitative estimate of drug-likeness (QED) is 0.520. The molecule has 0 aliphatic heterocycles. The zero-order valence-corrected chi connectivity index (χ0v) is 14.1. The van der Waals surface area contributed by atoms with Crippen LogP contribution in [0.15, 0.2) is 47.6 Å². The number of nitrogens with zero attached hydrogens (tertiary/aromatic N) is 3. The summed E-state index contributed by atoms with van der Waals surface area (Å²) in [6.45, 7) is 1.77. The van der Waals surface area contributed by atoms with Gasteiger partial charge in [0.2, 0.25) is 11.6 Å². The van der Waals surface area contributed by atoms with E-state index in [1.807, 2.05) is 0 Å². The van der Waals surface area contributed by atoms with Gasteiger partial charge in [-0.15, -0.1) is 0 Å². The number of ether oxygens (including phenoxy) is 1. The summed E-state index contributed by atoms with van der Waals surface area (Å²) in [5, 5.41) is 11.5. The Morgan fingerprint density at radius 1 is 1.12 bits per heavy atom. The van der Waals surface area contributed by atoms with Crippen LogP contribution in [0.2, 0.25) is 0 Å². The molecule has 0 N–H and O–H groups in total. The highest BCUT2D eigenvalue weighted by molar-refractivity contribution is 7.90. The summed E-state index contributed by atoms with van der Waals surface area (Å²) < 4.78 is 29.2. The van der Waals surface area contributed by atoms with E-state index in [0.717, 1.165) is 11.8 Å². The van der Waals surface area contributed by atoms with Crippen molar-refractivity contribution in [2.45, 2.75) is 11.8 Å². The first kappa shape index (κ1) is 16.8. The van der Waals surface area contributed by atoms with E-state index < -0.39 is 14.8 Å². The third-order valence-electron chi connectivity index (χ3n) is 3.52. The van der Waals surface area contributed by atoms with E-state index in [1.54, 1.807) is 13.0 Å². The third kappa shape index (κ3) is 3.41. The second kappa shape index (κ2) is 6.10. The maximum absolute atomic E-state index is 11.8. The van der Waals surface area contributed by atoms with Crippen LogP contribution in [0.1, 0.15) is 5.56 Å². The Labute approximate surface area is 143 Å². The standard InChI is InChI=1S/C16H13N3O5S/c1-10-3-6-14(19(20)21)15(7-10)24-16-12-8-11(25(2,22)23)4-5-13(12)17-9-18-16/h3-9H,1-2H3. The van der Waals surface area contributed by atoms with Crippen molar-refractivity contribution in [1.82, 2.24) is 9.97 Å². The zero-order valence-electron chi connectivity index (χ0n) is 13.3. The fraction of sp³-hybridized carbons (Fsp3) is 0.125. The van der Waals surface area contributed by atoms with Crippen molar-refractivity contribution in [2.24, 2.45) is 0 Å². The molecule has 0 saturated carbocycles. The molecule has 0 spiro atoms. The number of benzene rings is 2. The molecule has 1 heterocycles. The van der Waals surface area contributed by atoms with Crippen LogP contribution in [0.25, 0.3) is 10.9 Å². The number of aromatic nitrogens is 2. The van der Waals surface area contributed by atoms with E-state index in [0.29, 0.717) is 10.9 Å². The predicted molar refractivity (Wildman–Crippen MR) is 90.6 cm³/mol. The molecule has 0 bridgehead atoms. The Kier molecular flexibility index (Phi) is 4.09. The lowest BCUT2D eigenvalue weighted by Gasteiger charge is -2.09. The Morgan fingerprint density at radius 2 is 1.88 bits per heavy atom. The smallest absolute Gasteiger partial charge is 0.311 e. The lowest BCUT2D eigenvalue weighted by molar-refractivity contribution is -0.385. The number of aryl methyl sites for hydroxylation is 1. The van der Waals surface area contributed by atoms with Gasteiger partial charge < -0.3 is 4.74 Å². The minimum Gasteiger partial charge on any atom is -0.431 e. The molecule has 0 amide bonds. The highest BCUT2D eigenvalue weighted by atomic mass is 32.2. The minimum atomic E-state index is -3.43. The van der Waals surface area contributed by atoms with Gasteiger partial charge in [-0.2, -0.15) is 0 Å². The SMILES string of the molecule is Cc1ccc([N+](=O)[O-])c(Oc2ncnc3ccc(S(C)(=O)=O)cc23)c1. The van der Waals surface area contributed by atoms with Crippen molar-refractivity contribution >= 4 is 26.4 Å². The summed E-state index contributed by atoms with van der Waals surface area (Å²) >= 11 is 0. The molecule has 8 nitrogen and oxygen atoms in total. The Balaban J connectivity index is 2.17. The van der Waals surface area contributed by atoms with Gasteiger partial charge in [0.15, 0.2) is 9.84 Å². The van der Waals surface area contributed by atoms with E-state index in [2.05, 4.69) is 9.97 Å². The van der Waals surface area contributed by atoms with Gasteiger partial charge >= 0.3 is 5.69 Å². The molecule has 0 unspecified atom stereocenters. The number of nitro benzene ring substituents is 1. The van der Waals surface area contributed by atoms with E-state index >= 15 is 0 Å². The van der Waals surface area contributed by atoms with Gasteiger partial charge in [-0.3, -0.25) is 10.1 Å². The first-order valence-corrected chi connectivity index (χ1v) is 9.02. The summed E-state index contributed by atoms with van der Waals surface area (Å²) in [4.78, 5) is 18.8. The summed E-state index contributed by atoms with van der Waals surface area (Å²) in [5.41, 5.74) is 1.03. The Hall–Kier alpha value is -3.07. The molecule has 0 aliphatic carbocycles. The first-order chi connectivity index (χ1) is 11.8. The topological polar surface area (TPSA) is 112 Å². The molecule has 3 aromatic rings. The number of hydrogen-bond donors (Lipinski definition) is 0. The lowest BCUT2D eigenvalue weighted by atomic mass is 10.2. The monoisotopic (exact) mass is 359 g/mol. The summed E-state index contributed by atoms with van der Waals surface area (Å²) in [5.74, 6) is 0.0685. The molecular formula is C16H13N3O5S. The maximum atomic E-state index is 11.8. The maximum Gasteiger partial charge on any atom is 0.311 e. The van der Waals surface area contributed by atoms with Gasteiger partial charge in [0.25, 0.3) is 0 Å².